The number of Topliss-reactive ketones (excluding diaryl/α,β-unsaturated/α-hetero) is 1. The van der Waals surface area contributed by atoms with Gasteiger partial charge in [-0.05, 0) is 31.2 Å². The lowest BCUT2D eigenvalue weighted by atomic mass is 10.1. The number of aromatic nitrogens is 1. The van der Waals surface area contributed by atoms with E-state index in [4.69, 9.17) is 23.2 Å². The van der Waals surface area contributed by atoms with Crippen LogP contribution in [0.5, 0.6) is 0 Å². The summed E-state index contributed by atoms with van der Waals surface area (Å²) in [5.41, 5.74) is 1.98. The smallest absolute Gasteiger partial charge is 0.159 e. The highest BCUT2D eigenvalue weighted by molar-refractivity contribution is 6.36. The van der Waals surface area contributed by atoms with Crippen molar-refractivity contribution in [3.8, 4) is 6.07 Å². The maximum atomic E-state index is 11.6. The van der Waals surface area contributed by atoms with Crippen LogP contribution in [0.25, 0.3) is 0 Å². The minimum atomic E-state index is -0.0125. The standard InChI is InChI=1S/C18H16Cl2N4O/c1-12(25)13-2-3-14(10-21)17(8-13)23-4-6-24(7-5-23)18-16(20)9-15(19)11-22-18/h2-3,8-9,11H,4-7H2,1H3. The van der Waals surface area contributed by atoms with Gasteiger partial charge in [-0.2, -0.15) is 5.26 Å². The zero-order valence-electron chi connectivity index (χ0n) is 13.7. The van der Waals surface area contributed by atoms with Gasteiger partial charge in [-0.25, -0.2) is 4.98 Å². The van der Waals surface area contributed by atoms with Gasteiger partial charge < -0.3 is 9.80 Å². The van der Waals surface area contributed by atoms with Crippen LogP contribution >= 0.6 is 23.2 Å². The summed E-state index contributed by atoms with van der Waals surface area (Å²) < 4.78 is 0. The van der Waals surface area contributed by atoms with Crippen molar-refractivity contribution in [3.05, 3.63) is 51.6 Å². The maximum absolute atomic E-state index is 11.6. The van der Waals surface area contributed by atoms with E-state index >= 15 is 0 Å². The topological polar surface area (TPSA) is 60.2 Å². The van der Waals surface area contributed by atoms with E-state index in [0.29, 0.717) is 53.2 Å². The lowest BCUT2D eigenvalue weighted by Crippen LogP contribution is -2.47. The van der Waals surface area contributed by atoms with Crippen LogP contribution in [0.2, 0.25) is 10.0 Å². The van der Waals surface area contributed by atoms with Gasteiger partial charge in [0.15, 0.2) is 5.78 Å². The molecule has 2 heterocycles. The van der Waals surface area contributed by atoms with E-state index in [1.54, 1.807) is 30.5 Å². The zero-order chi connectivity index (χ0) is 18.0. The number of carbonyl (C=O) groups is 1. The Morgan fingerprint density at radius 2 is 1.84 bits per heavy atom. The fourth-order valence-corrected chi connectivity index (χ4v) is 3.41. The number of hydrogen-bond donors (Lipinski definition) is 0. The summed E-state index contributed by atoms with van der Waals surface area (Å²) in [7, 11) is 0. The van der Waals surface area contributed by atoms with E-state index in [1.165, 1.54) is 6.92 Å². The molecule has 0 unspecified atom stereocenters. The molecule has 0 saturated carbocycles. The number of benzene rings is 1. The first-order valence-electron chi connectivity index (χ1n) is 7.85. The first-order valence-corrected chi connectivity index (χ1v) is 8.61. The molecule has 0 N–H and O–H groups in total. The van der Waals surface area contributed by atoms with Crippen molar-refractivity contribution in [3.63, 3.8) is 0 Å². The third kappa shape index (κ3) is 3.71. The molecule has 0 atom stereocenters. The predicted octanol–water partition coefficient (Wildman–Crippen LogP) is 3.79. The summed E-state index contributed by atoms with van der Waals surface area (Å²) in [6.07, 6.45) is 1.58. The highest BCUT2D eigenvalue weighted by Crippen LogP contribution is 2.29. The van der Waals surface area contributed by atoms with Crippen LogP contribution in [0.1, 0.15) is 22.8 Å². The number of carbonyl (C=O) groups excluding carboxylic acids is 1. The van der Waals surface area contributed by atoms with Crippen LogP contribution in [0.3, 0.4) is 0 Å². The molecule has 0 aliphatic carbocycles. The second-order valence-corrected chi connectivity index (χ2v) is 6.68. The molecule has 7 heteroatoms. The minimum Gasteiger partial charge on any atom is -0.367 e. The largest absolute Gasteiger partial charge is 0.367 e. The van der Waals surface area contributed by atoms with Crippen LogP contribution in [-0.4, -0.2) is 36.9 Å². The number of nitrogens with zero attached hydrogens (tertiary/aromatic N) is 4. The third-order valence-electron chi connectivity index (χ3n) is 4.23. The SMILES string of the molecule is CC(=O)c1ccc(C#N)c(N2CCN(c3ncc(Cl)cc3Cl)CC2)c1. The molecule has 1 fully saturated rings. The number of piperazine rings is 1. The van der Waals surface area contributed by atoms with E-state index in [-0.39, 0.29) is 5.78 Å². The molecule has 128 valence electrons. The Labute approximate surface area is 156 Å². The molecular weight excluding hydrogens is 359 g/mol. The highest BCUT2D eigenvalue weighted by atomic mass is 35.5. The molecule has 1 aliphatic rings. The van der Waals surface area contributed by atoms with Crippen molar-refractivity contribution in [1.82, 2.24) is 4.98 Å². The van der Waals surface area contributed by atoms with Crippen molar-refractivity contribution in [2.24, 2.45) is 0 Å². The Bertz CT molecular complexity index is 855. The Hall–Kier alpha value is -2.29. The van der Waals surface area contributed by atoms with E-state index in [9.17, 15) is 10.1 Å². The van der Waals surface area contributed by atoms with E-state index in [1.807, 2.05) is 0 Å². The number of rotatable bonds is 3. The molecular formula is C18H16Cl2N4O. The Morgan fingerprint density at radius 3 is 2.44 bits per heavy atom. The average Bonchev–Trinajstić information content (AvgIpc) is 2.61. The van der Waals surface area contributed by atoms with Gasteiger partial charge in [-0.1, -0.05) is 23.2 Å². The van der Waals surface area contributed by atoms with Crippen molar-refractivity contribution >= 4 is 40.5 Å². The number of anilines is 2. The molecule has 25 heavy (non-hydrogen) atoms. The Balaban J connectivity index is 1.79. The molecule has 0 spiro atoms. The number of ketones is 1. The van der Waals surface area contributed by atoms with E-state index < -0.39 is 0 Å². The fourth-order valence-electron chi connectivity index (χ4n) is 2.91. The number of nitriles is 1. The number of halogens is 2. The van der Waals surface area contributed by atoms with Crippen LogP contribution in [0, 0.1) is 11.3 Å². The molecule has 1 aromatic heterocycles. The van der Waals surface area contributed by atoms with Gasteiger partial charge in [0.1, 0.15) is 11.9 Å². The Morgan fingerprint density at radius 1 is 1.16 bits per heavy atom. The minimum absolute atomic E-state index is 0.0125. The molecule has 0 amide bonds. The molecule has 1 aromatic carbocycles. The van der Waals surface area contributed by atoms with Gasteiger partial charge in [-0.15, -0.1) is 0 Å². The quantitative estimate of drug-likeness (QED) is 0.764. The summed E-state index contributed by atoms with van der Waals surface area (Å²) in [5, 5.41) is 10.4. The summed E-state index contributed by atoms with van der Waals surface area (Å²) >= 11 is 12.1. The van der Waals surface area contributed by atoms with Crippen molar-refractivity contribution in [1.29, 1.82) is 5.26 Å². The van der Waals surface area contributed by atoms with Gasteiger partial charge >= 0.3 is 0 Å². The average molecular weight is 375 g/mol. The van der Waals surface area contributed by atoms with Crippen LogP contribution in [0.4, 0.5) is 11.5 Å². The molecule has 0 radical (unpaired) electrons. The fraction of sp³-hybridized carbons (Fsp3) is 0.278. The molecule has 3 rings (SSSR count). The van der Waals surface area contributed by atoms with Gasteiger partial charge in [0, 0.05) is 37.9 Å². The van der Waals surface area contributed by atoms with Gasteiger partial charge in [0.2, 0.25) is 0 Å². The van der Waals surface area contributed by atoms with Crippen molar-refractivity contribution < 1.29 is 4.79 Å². The van der Waals surface area contributed by atoms with Crippen LogP contribution in [-0.2, 0) is 0 Å². The normalized spacial score (nSPS) is 14.3. The molecule has 1 aliphatic heterocycles. The van der Waals surface area contributed by atoms with Crippen molar-refractivity contribution in [2.45, 2.75) is 6.92 Å². The van der Waals surface area contributed by atoms with Crippen LogP contribution in [0.15, 0.2) is 30.5 Å². The predicted molar refractivity (Wildman–Crippen MR) is 99.8 cm³/mol. The second-order valence-electron chi connectivity index (χ2n) is 5.83. The van der Waals surface area contributed by atoms with E-state index in [0.717, 1.165) is 5.69 Å². The lowest BCUT2D eigenvalue weighted by molar-refractivity contribution is 0.101. The summed E-state index contributed by atoms with van der Waals surface area (Å²) in [4.78, 5) is 20.2. The lowest BCUT2D eigenvalue weighted by Gasteiger charge is -2.37. The molecule has 5 nitrogen and oxygen atoms in total. The number of hydrogen-bond acceptors (Lipinski definition) is 5. The summed E-state index contributed by atoms with van der Waals surface area (Å²) in [6, 6.07) is 9.08. The third-order valence-corrected chi connectivity index (χ3v) is 4.72. The molecule has 0 bridgehead atoms. The summed E-state index contributed by atoms with van der Waals surface area (Å²) in [6.45, 7) is 4.36. The monoisotopic (exact) mass is 374 g/mol. The van der Waals surface area contributed by atoms with E-state index in [2.05, 4.69) is 20.9 Å². The first-order chi connectivity index (χ1) is 12.0. The summed E-state index contributed by atoms with van der Waals surface area (Å²) in [5.74, 6) is 0.699. The second kappa shape index (κ2) is 7.30. The first kappa shape index (κ1) is 17.5. The van der Waals surface area contributed by atoms with Gasteiger partial charge in [0.25, 0.3) is 0 Å². The Kier molecular flexibility index (Phi) is 5.12. The zero-order valence-corrected chi connectivity index (χ0v) is 15.2. The van der Waals surface area contributed by atoms with Gasteiger partial charge in [0.05, 0.1) is 21.3 Å². The maximum Gasteiger partial charge on any atom is 0.159 e. The molecule has 1 saturated heterocycles. The molecule has 2 aromatic rings. The van der Waals surface area contributed by atoms with Crippen LogP contribution < -0.4 is 9.80 Å². The van der Waals surface area contributed by atoms with Gasteiger partial charge in [-0.3, -0.25) is 4.79 Å². The van der Waals surface area contributed by atoms with Crippen molar-refractivity contribution in [2.75, 3.05) is 36.0 Å². The highest BCUT2D eigenvalue weighted by Gasteiger charge is 2.22. The number of pyridine rings is 1.